The van der Waals surface area contributed by atoms with Crippen molar-refractivity contribution in [2.45, 2.75) is 25.8 Å². The van der Waals surface area contributed by atoms with Gasteiger partial charge in [0.15, 0.2) is 0 Å². The Bertz CT molecular complexity index is 411. The van der Waals surface area contributed by atoms with Crippen molar-refractivity contribution in [3.05, 3.63) is 26.2 Å². The predicted molar refractivity (Wildman–Crippen MR) is 90.2 cm³/mol. The molecule has 1 aromatic carbocycles. The highest BCUT2D eigenvalue weighted by Gasteiger charge is 2.22. The first-order chi connectivity index (χ1) is 8.56. The smallest absolute Gasteiger partial charge is 0.0354 e. The van der Waals surface area contributed by atoms with Crippen LogP contribution < -0.4 is 5.32 Å². The molecule has 4 heteroatoms. The number of nitrogens with zero attached hydrogens (tertiary/aromatic N) is 1. The fourth-order valence-electron chi connectivity index (χ4n) is 2.58. The molecule has 100 valence electrons. The molecule has 0 saturated carbocycles. The van der Waals surface area contributed by atoms with Gasteiger partial charge in [0.25, 0.3) is 0 Å². The molecule has 0 aromatic heterocycles. The van der Waals surface area contributed by atoms with Gasteiger partial charge in [0.05, 0.1) is 0 Å². The molecule has 0 radical (unpaired) electrons. The van der Waals surface area contributed by atoms with Crippen LogP contribution in [0.25, 0.3) is 0 Å². The van der Waals surface area contributed by atoms with Crippen LogP contribution in [0, 0.1) is 9.49 Å². The molecule has 1 N–H and O–H groups in total. The number of benzene rings is 1. The van der Waals surface area contributed by atoms with E-state index < -0.39 is 0 Å². The minimum absolute atomic E-state index is 0.528. The Labute approximate surface area is 132 Å². The van der Waals surface area contributed by atoms with E-state index in [1.54, 1.807) is 0 Å². The Hall–Kier alpha value is 0.190. The van der Waals surface area contributed by atoms with Crippen LogP contribution in [0.15, 0.2) is 22.7 Å². The van der Waals surface area contributed by atoms with Gasteiger partial charge >= 0.3 is 0 Å². The van der Waals surface area contributed by atoms with Crippen LogP contribution in [0.5, 0.6) is 0 Å². The number of rotatable bonds is 3. The number of likely N-dealkylation sites (tertiary alicyclic amines) is 1. The maximum absolute atomic E-state index is 3.64. The molecule has 1 fully saturated rings. The van der Waals surface area contributed by atoms with Gasteiger partial charge in [-0.3, -0.25) is 0 Å². The highest BCUT2D eigenvalue weighted by atomic mass is 127. The Morgan fingerprint density at radius 1 is 1.50 bits per heavy atom. The largest absolute Gasteiger partial charge is 0.382 e. The van der Waals surface area contributed by atoms with E-state index in [2.05, 4.69) is 80.9 Å². The topological polar surface area (TPSA) is 15.3 Å². The Morgan fingerprint density at radius 3 is 2.94 bits per heavy atom. The Kier molecular flexibility index (Phi) is 5.33. The van der Waals surface area contributed by atoms with Crippen molar-refractivity contribution in [1.29, 1.82) is 0 Å². The zero-order valence-corrected chi connectivity index (χ0v) is 14.7. The summed E-state index contributed by atoms with van der Waals surface area (Å²) in [6, 6.07) is 7.01. The molecule has 2 nitrogen and oxygen atoms in total. The first kappa shape index (κ1) is 14.6. The van der Waals surface area contributed by atoms with Crippen LogP contribution >= 0.6 is 38.5 Å². The van der Waals surface area contributed by atoms with E-state index >= 15 is 0 Å². The number of hydrogen-bond donors (Lipinski definition) is 1. The summed E-state index contributed by atoms with van der Waals surface area (Å²) in [7, 11) is 2.22. The summed E-state index contributed by atoms with van der Waals surface area (Å²) in [5.74, 6) is 0.752. The third kappa shape index (κ3) is 3.84. The van der Waals surface area contributed by atoms with E-state index in [1.807, 2.05) is 0 Å². The van der Waals surface area contributed by atoms with Crippen LogP contribution in [-0.2, 0) is 0 Å². The molecule has 1 heterocycles. The lowest BCUT2D eigenvalue weighted by Crippen LogP contribution is -2.39. The first-order valence-corrected chi connectivity index (χ1v) is 8.33. The number of piperidine rings is 1. The molecule has 1 aliphatic heterocycles. The second kappa shape index (κ2) is 6.57. The predicted octanol–water partition coefficient (Wildman–Crippen LogP) is 4.20. The molecule has 0 amide bonds. The Balaban J connectivity index is 1.97. The lowest BCUT2D eigenvalue weighted by atomic mass is 9.92. The second-order valence-corrected chi connectivity index (χ2v) is 7.24. The van der Waals surface area contributed by atoms with Crippen molar-refractivity contribution in [3.8, 4) is 0 Å². The van der Waals surface area contributed by atoms with Gasteiger partial charge in [-0.2, -0.15) is 0 Å². The molecule has 1 saturated heterocycles. The van der Waals surface area contributed by atoms with Crippen molar-refractivity contribution < 1.29 is 0 Å². The van der Waals surface area contributed by atoms with Gasteiger partial charge < -0.3 is 10.2 Å². The average Bonchev–Trinajstić information content (AvgIpc) is 2.34. The van der Waals surface area contributed by atoms with E-state index in [0.29, 0.717) is 6.04 Å². The molecule has 2 rings (SSSR count). The van der Waals surface area contributed by atoms with Crippen molar-refractivity contribution in [2.24, 2.45) is 5.92 Å². The average molecular weight is 423 g/mol. The normalized spacial score (nSPS) is 22.8. The maximum atomic E-state index is 3.64. The summed E-state index contributed by atoms with van der Waals surface area (Å²) in [6.45, 7) is 4.76. The molecule has 0 aliphatic carbocycles. The molecule has 0 spiro atoms. The van der Waals surface area contributed by atoms with Crippen molar-refractivity contribution in [1.82, 2.24) is 4.90 Å². The molecule has 0 bridgehead atoms. The minimum atomic E-state index is 0.528. The van der Waals surface area contributed by atoms with Crippen LogP contribution in [0.1, 0.15) is 19.8 Å². The summed E-state index contributed by atoms with van der Waals surface area (Å²) in [4.78, 5) is 2.44. The van der Waals surface area contributed by atoms with Gasteiger partial charge in [0.1, 0.15) is 0 Å². The van der Waals surface area contributed by atoms with Gasteiger partial charge in [-0.15, -0.1) is 0 Å². The van der Waals surface area contributed by atoms with Gasteiger partial charge in [0, 0.05) is 26.3 Å². The first-order valence-electron chi connectivity index (χ1n) is 6.46. The molecular weight excluding hydrogens is 403 g/mol. The summed E-state index contributed by atoms with van der Waals surface area (Å²) in [5.41, 5.74) is 1.21. The lowest BCUT2D eigenvalue weighted by molar-refractivity contribution is 0.197. The Morgan fingerprint density at radius 2 is 2.28 bits per heavy atom. The van der Waals surface area contributed by atoms with Gasteiger partial charge in [-0.25, -0.2) is 0 Å². The molecule has 1 aromatic rings. The highest BCUT2D eigenvalue weighted by molar-refractivity contribution is 14.1. The maximum Gasteiger partial charge on any atom is 0.0354 e. The summed E-state index contributed by atoms with van der Waals surface area (Å²) < 4.78 is 2.42. The van der Waals surface area contributed by atoms with E-state index in [-0.39, 0.29) is 0 Å². The second-order valence-electron chi connectivity index (χ2n) is 5.23. The van der Waals surface area contributed by atoms with E-state index in [0.717, 1.165) is 5.92 Å². The molecule has 1 aliphatic rings. The third-order valence-electron chi connectivity index (χ3n) is 3.68. The van der Waals surface area contributed by atoms with Crippen molar-refractivity contribution in [3.63, 3.8) is 0 Å². The highest BCUT2D eigenvalue weighted by Crippen LogP contribution is 2.26. The van der Waals surface area contributed by atoms with Crippen LogP contribution in [0.4, 0.5) is 5.69 Å². The van der Waals surface area contributed by atoms with E-state index in [9.17, 15) is 0 Å². The fraction of sp³-hybridized carbons (Fsp3) is 0.571. The SMILES string of the molecule is CC(Nc1ccc(I)c(Br)c1)C1CCCN(C)C1. The minimum Gasteiger partial charge on any atom is -0.382 e. The van der Waals surface area contributed by atoms with Crippen LogP contribution in [0.2, 0.25) is 0 Å². The summed E-state index contributed by atoms with van der Waals surface area (Å²) in [5, 5.41) is 3.64. The molecule has 18 heavy (non-hydrogen) atoms. The van der Waals surface area contributed by atoms with Crippen molar-refractivity contribution in [2.75, 3.05) is 25.5 Å². The molecule has 2 atom stereocenters. The van der Waals surface area contributed by atoms with E-state index in [1.165, 1.54) is 39.7 Å². The standard InChI is InChI=1S/C14H20BrIN2/c1-10(11-4-3-7-18(2)9-11)17-12-5-6-14(16)13(15)8-12/h5-6,8,10-11,17H,3-4,7,9H2,1-2H3. The zero-order valence-electron chi connectivity index (χ0n) is 10.9. The number of anilines is 1. The monoisotopic (exact) mass is 422 g/mol. The number of halogens is 2. The quantitative estimate of drug-likeness (QED) is 0.734. The fourth-order valence-corrected chi connectivity index (χ4v) is 3.30. The number of hydrogen-bond acceptors (Lipinski definition) is 2. The molecule has 2 unspecified atom stereocenters. The van der Waals surface area contributed by atoms with Gasteiger partial charge in [-0.1, -0.05) is 0 Å². The zero-order chi connectivity index (χ0) is 13.1. The van der Waals surface area contributed by atoms with Crippen molar-refractivity contribution >= 4 is 44.2 Å². The third-order valence-corrected chi connectivity index (χ3v) is 6.02. The summed E-state index contributed by atoms with van der Waals surface area (Å²) >= 11 is 5.93. The summed E-state index contributed by atoms with van der Waals surface area (Å²) in [6.07, 6.45) is 2.66. The van der Waals surface area contributed by atoms with Crippen LogP contribution in [0.3, 0.4) is 0 Å². The van der Waals surface area contributed by atoms with Gasteiger partial charge in [0.2, 0.25) is 0 Å². The lowest BCUT2D eigenvalue weighted by Gasteiger charge is -2.34. The van der Waals surface area contributed by atoms with Crippen LogP contribution in [-0.4, -0.2) is 31.1 Å². The van der Waals surface area contributed by atoms with Gasteiger partial charge in [-0.05, 0) is 96.0 Å². The number of nitrogens with one attached hydrogen (secondary N) is 1. The molecular formula is C14H20BrIN2. The van der Waals surface area contributed by atoms with E-state index in [4.69, 9.17) is 0 Å².